The van der Waals surface area contributed by atoms with Gasteiger partial charge in [0, 0.05) is 33.8 Å². The van der Waals surface area contributed by atoms with Gasteiger partial charge in [0.1, 0.15) is 0 Å². The lowest BCUT2D eigenvalue weighted by atomic mass is 9.70. The Morgan fingerprint density at radius 1 is 0.225 bits per heavy atom. The van der Waals surface area contributed by atoms with E-state index < -0.39 is 0 Å². The van der Waals surface area contributed by atoms with Gasteiger partial charge in [-0.05, 0) is 150 Å². The molecule has 0 aromatic heterocycles. The molecule has 2 heteroatoms. The number of fused-ring (bicyclic) bond motifs is 12. The maximum absolute atomic E-state index is 2.45. The van der Waals surface area contributed by atoms with Gasteiger partial charge in [-0.15, -0.1) is 0 Å². The van der Waals surface area contributed by atoms with Gasteiger partial charge in [-0.25, -0.2) is 0 Å². The molecule has 0 bridgehead atoms. The van der Waals surface area contributed by atoms with Crippen molar-refractivity contribution in [2.45, 2.75) is 5.41 Å². The van der Waals surface area contributed by atoms with E-state index in [4.69, 9.17) is 0 Å². The summed E-state index contributed by atoms with van der Waals surface area (Å²) in [5, 5.41) is 4.88. The highest BCUT2D eigenvalue weighted by molar-refractivity contribution is 6.01. The molecule has 0 N–H and O–H groups in total. The third-order valence-electron chi connectivity index (χ3n) is 15.1. The van der Waals surface area contributed by atoms with Gasteiger partial charge in [0.05, 0.1) is 11.1 Å². The van der Waals surface area contributed by atoms with E-state index in [1.807, 2.05) is 0 Å². The predicted molar refractivity (Wildman–Crippen MR) is 298 cm³/mol. The van der Waals surface area contributed by atoms with Crippen molar-refractivity contribution >= 4 is 55.7 Å². The lowest BCUT2D eigenvalue weighted by molar-refractivity contribution is 0.794. The minimum absolute atomic E-state index is 0.384. The maximum Gasteiger partial charge on any atom is 0.0725 e. The van der Waals surface area contributed by atoms with Crippen LogP contribution in [0, 0.1) is 0 Å². The van der Waals surface area contributed by atoms with E-state index in [-0.39, 0.29) is 5.41 Å². The van der Waals surface area contributed by atoms with Crippen LogP contribution in [0.1, 0.15) is 22.3 Å². The molecular weight excluding hydrogens is 857 g/mol. The third-order valence-corrected chi connectivity index (χ3v) is 15.1. The first-order chi connectivity index (χ1) is 35.2. The first kappa shape index (κ1) is 40.8. The standard InChI is InChI=1S/C69H46N2/c1-2-19-54(20-3-1)70(57-42-37-47-15-4-5-17-53(47)45-57)55-38-33-50(34-39-55)48-29-31-49(32-30-48)51-35-40-56(41-36-51)71(68-28-14-18-52-16-6-7-21-59(52)68)58-43-44-67-63(46-58)62-24-10-13-27-66(62)69(67)64-25-11-8-22-60(64)61-23-9-12-26-65(61)69/h1-46H. The van der Waals surface area contributed by atoms with E-state index in [1.165, 1.54) is 88.3 Å². The second-order valence-electron chi connectivity index (χ2n) is 18.8. The molecule has 12 aromatic rings. The Labute approximate surface area is 414 Å². The smallest absolute Gasteiger partial charge is 0.0725 e. The van der Waals surface area contributed by atoms with Gasteiger partial charge in [0.25, 0.3) is 0 Å². The Hall–Kier alpha value is -9.24. The topological polar surface area (TPSA) is 6.48 Å². The molecule has 0 amide bonds. The highest BCUT2D eigenvalue weighted by Crippen LogP contribution is 2.63. The summed E-state index contributed by atoms with van der Waals surface area (Å²) in [5.74, 6) is 0. The third kappa shape index (κ3) is 6.49. The molecule has 0 atom stereocenters. The van der Waals surface area contributed by atoms with Crippen molar-refractivity contribution < 1.29 is 0 Å². The van der Waals surface area contributed by atoms with Crippen LogP contribution in [0.2, 0.25) is 0 Å². The lowest BCUT2D eigenvalue weighted by Gasteiger charge is -2.31. The molecule has 1 spiro atoms. The quantitative estimate of drug-likeness (QED) is 0.150. The summed E-state index contributed by atoms with van der Waals surface area (Å²) in [4.78, 5) is 4.78. The zero-order chi connectivity index (χ0) is 46.9. The van der Waals surface area contributed by atoms with Gasteiger partial charge >= 0.3 is 0 Å². The molecule has 0 unspecified atom stereocenters. The Bertz CT molecular complexity index is 3930. The Balaban J connectivity index is 0.810. The largest absolute Gasteiger partial charge is 0.310 e. The van der Waals surface area contributed by atoms with Gasteiger partial charge < -0.3 is 9.80 Å². The highest BCUT2D eigenvalue weighted by Gasteiger charge is 2.51. The molecule has 71 heavy (non-hydrogen) atoms. The number of hydrogen-bond donors (Lipinski definition) is 0. The highest BCUT2D eigenvalue weighted by atomic mass is 15.1. The summed E-state index contributed by atoms with van der Waals surface area (Å²) >= 11 is 0. The molecule has 0 radical (unpaired) electrons. The van der Waals surface area contributed by atoms with Crippen molar-refractivity contribution in [3.05, 3.63) is 301 Å². The number of benzene rings is 12. The van der Waals surface area contributed by atoms with Gasteiger partial charge in [0.2, 0.25) is 0 Å². The Kier molecular flexibility index (Phi) is 9.47. The van der Waals surface area contributed by atoms with Crippen LogP contribution in [0.15, 0.2) is 279 Å². The molecule has 332 valence electrons. The zero-order valence-electron chi connectivity index (χ0n) is 39.0. The number of para-hydroxylation sites is 1. The molecule has 2 nitrogen and oxygen atoms in total. The molecule has 0 heterocycles. The molecular formula is C69H46N2. The van der Waals surface area contributed by atoms with Gasteiger partial charge in [-0.3, -0.25) is 0 Å². The summed E-state index contributed by atoms with van der Waals surface area (Å²) in [6.07, 6.45) is 0. The molecule has 0 saturated carbocycles. The van der Waals surface area contributed by atoms with Gasteiger partial charge in [-0.2, -0.15) is 0 Å². The summed E-state index contributed by atoms with van der Waals surface area (Å²) in [6.45, 7) is 0. The van der Waals surface area contributed by atoms with Crippen LogP contribution in [0.3, 0.4) is 0 Å². The summed E-state index contributed by atoms with van der Waals surface area (Å²) in [6, 6.07) is 103. The lowest BCUT2D eigenvalue weighted by Crippen LogP contribution is -2.25. The second kappa shape index (κ2) is 16.5. The van der Waals surface area contributed by atoms with Crippen molar-refractivity contribution in [2.24, 2.45) is 0 Å². The van der Waals surface area contributed by atoms with Crippen molar-refractivity contribution in [3.63, 3.8) is 0 Å². The van der Waals surface area contributed by atoms with Gasteiger partial charge in [-0.1, -0.05) is 212 Å². The van der Waals surface area contributed by atoms with Crippen molar-refractivity contribution in [1.82, 2.24) is 0 Å². The minimum atomic E-state index is -0.384. The number of anilines is 6. The second-order valence-corrected chi connectivity index (χ2v) is 18.8. The maximum atomic E-state index is 2.45. The molecule has 2 aliphatic carbocycles. The average Bonchev–Trinajstić information content (AvgIpc) is 3.91. The first-order valence-electron chi connectivity index (χ1n) is 24.6. The van der Waals surface area contributed by atoms with Crippen LogP contribution in [-0.4, -0.2) is 0 Å². The van der Waals surface area contributed by atoms with E-state index in [1.54, 1.807) is 0 Å². The molecule has 0 saturated heterocycles. The fourth-order valence-electron chi connectivity index (χ4n) is 11.9. The van der Waals surface area contributed by atoms with Crippen LogP contribution >= 0.6 is 0 Å². The van der Waals surface area contributed by atoms with E-state index in [0.29, 0.717) is 0 Å². The summed E-state index contributed by atoms with van der Waals surface area (Å²) in [5.41, 5.74) is 21.7. The van der Waals surface area contributed by atoms with Crippen LogP contribution < -0.4 is 9.80 Å². The predicted octanol–water partition coefficient (Wildman–Crippen LogP) is 18.6. The molecule has 0 aliphatic heterocycles. The van der Waals surface area contributed by atoms with E-state index in [2.05, 4.69) is 289 Å². The van der Waals surface area contributed by atoms with Crippen molar-refractivity contribution in [3.8, 4) is 44.5 Å². The Morgan fingerprint density at radius 2 is 0.634 bits per heavy atom. The fraction of sp³-hybridized carbons (Fsp3) is 0.0145. The van der Waals surface area contributed by atoms with Crippen LogP contribution in [0.5, 0.6) is 0 Å². The number of hydrogen-bond acceptors (Lipinski definition) is 2. The van der Waals surface area contributed by atoms with Crippen molar-refractivity contribution in [1.29, 1.82) is 0 Å². The van der Waals surface area contributed by atoms with Crippen molar-refractivity contribution in [2.75, 3.05) is 9.80 Å². The van der Waals surface area contributed by atoms with E-state index >= 15 is 0 Å². The average molecular weight is 903 g/mol. The summed E-state index contributed by atoms with van der Waals surface area (Å²) < 4.78 is 0. The Morgan fingerprint density at radius 3 is 1.25 bits per heavy atom. The van der Waals surface area contributed by atoms with E-state index in [9.17, 15) is 0 Å². The monoisotopic (exact) mass is 902 g/mol. The van der Waals surface area contributed by atoms with Crippen LogP contribution in [0.25, 0.3) is 66.1 Å². The van der Waals surface area contributed by atoms with Crippen LogP contribution in [-0.2, 0) is 5.41 Å². The molecule has 14 rings (SSSR count). The molecule has 12 aromatic carbocycles. The first-order valence-corrected chi connectivity index (χ1v) is 24.6. The fourth-order valence-corrected chi connectivity index (χ4v) is 11.9. The normalized spacial score (nSPS) is 12.6. The summed E-state index contributed by atoms with van der Waals surface area (Å²) in [7, 11) is 0. The van der Waals surface area contributed by atoms with Gasteiger partial charge in [0.15, 0.2) is 0 Å². The molecule has 0 fully saturated rings. The SMILES string of the molecule is c1ccc(N(c2ccc(-c3ccc(-c4ccc(N(c5ccc6c(c5)-c5ccccc5C65c6ccccc6-c6ccccc65)c5cccc6ccccc56)cc4)cc3)cc2)c2ccc3ccccc3c2)cc1. The number of rotatable bonds is 8. The minimum Gasteiger partial charge on any atom is -0.310 e. The number of nitrogens with zero attached hydrogens (tertiary/aromatic N) is 2. The molecule has 2 aliphatic rings. The van der Waals surface area contributed by atoms with Crippen LogP contribution in [0.4, 0.5) is 34.1 Å². The zero-order valence-corrected chi connectivity index (χ0v) is 39.0. The van der Waals surface area contributed by atoms with E-state index in [0.717, 1.165) is 34.1 Å².